The van der Waals surface area contributed by atoms with Crippen molar-refractivity contribution < 1.29 is 48.0 Å². The number of halogens is 2. The molecule has 8 N–H and O–H groups in total. The first-order valence-electron chi connectivity index (χ1n) is 24.2. The highest BCUT2D eigenvalue weighted by Crippen LogP contribution is 2.45. The van der Waals surface area contributed by atoms with Crippen LogP contribution in [0.15, 0.2) is 36.4 Å². The molecule has 7 rings (SSSR count). The molecule has 3 aliphatic rings. The number of amides is 4. The van der Waals surface area contributed by atoms with Crippen LogP contribution >= 0.6 is 0 Å². The number of hydrogen-bond donors (Lipinski definition) is 8. The lowest BCUT2D eigenvalue weighted by molar-refractivity contribution is -0.238. The summed E-state index contributed by atoms with van der Waals surface area (Å²) in [5.41, 5.74) is 3.10. The van der Waals surface area contributed by atoms with Gasteiger partial charge in [-0.2, -0.15) is 0 Å². The van der Waals surface area contributed by atoms with Crippen LogP contribution in [-0.4, -0.2) is 146 Å². The number of hydrogen-bond acceptors (Lipinski definition) is 10. The highest BCUT2D eigenvalue weighted by molar-refractivity contribution is 5.98. The SMILES string of the molecule is CN[C@@H](C)C(=O)N[C@H](C(=O)N1CCC[C@H]1Cc1c(-c2c(C[C@@H]3CCCN3C(=O)[C@@H](NC(=O)[C@H](C)NC)C(C)C)c3cc(F)ccc3n2C2O[C@@H](C)[C@@H](O)[C@@H](O)[C@@H]2O)[nH]c2ccc(F)cc12)C(C)C. The molecule has 0 aliphatic carbocycles. The second kappa shape index (κ2) is 20.9. The van der Waals surface area contributed by atoms with Gasteiger partial charge in [0.25, 0.3) is 0 Å². The van der Waals surface area contributed by atoms with Crippen LogP contribution in [0, 0.1) is 23.5 Å². The molecule has 0 bridgehead atoms. The molecule has 16 nitrogen and oxygen atoms in total. The zero-order valence-corrected chi connectivity index (χ0v) is 40.6. The molecule has 372 valence electrons. The van der Waals surface area contributed by atoms with Crippen LogP contribution in [0.5, 0.6) is 0 Å². The number of nitrogens with zero attached hydrogens (tertiary/aromatic N) is 3. The van der Waals surface area contributed by atoms with E-state index in [1.165, 1.54) is 24.3 Å². The molecule has 0 saturated carbocycles. The van der Waals surface area contributed by atoms with Gasteiger partial charge in [-0.3, -0.25) is 19.2 Å². The second-order valence-corrected chi connectivity index (χ2v) is 19.8. The lowest BCUT2D eigenvalue weighted by Crippen LogP contribution is -2.55. The van der Waals surface area contributed by atoms with Crippen molar-refractivity contribution in [2.75, 3.05) is 27.2 Å². The number of likely N-dealkylation sites (tertiary alicyclic amines) is 2. The van der Waals surface area contributed by atoms with Gasteiger partial charge >= 0.3 is 0 Å². The Hall–Kier alpha value is -4.98. The summed E-state index contributed by atoms with van der Waals surface area (Å²) in [7, 11) is 3.34. The van der Waals surface area contributed by atoms with Gasteiger partial charge in [-0.05, 0) is 133 Å². The number of likely N-dealkylation sites (N-methyl/N-ethyl adjacent to an activating group) is 2. The van der Waals surface area contributed by atoms with Crippen molar-refractivity contribution in [3.63, 3.8) is 0 Å². The zero-order chi connectivity index (χ0) is 49.5. The second-order valence-electron chi connectivity index (χ2n) is 19.8. The van der Waals surface area contributed by atoms with Gasteiger partial charge in [0.15, 0.2) is 6.23 Å². The summed E-state index contributed by atoms with van der Waals surface area (Å²) in [5.74, 6) is -2.66. The maximum absolute atomic E-state index is 15.7. The highest BCUT2D eigenvalue weighted by Gasteiger charge is 2.46. The Bertz CT molecular complexity index is 2490. The van der Waals surface area contributed by atoms with Crippen molar-refractivity contribution in [1.29, 1.82) is 0 Å². The maximum atomic E-state index is 15.7. The zero-order valence-electron chi connectivity index (χ0n) is 40.6. The number of benzene rings is 2. The number of H-pyrrole nitrogens is 1. The number of carbonyl (C=O) groups is 4. The van der Waals surface area contributed by atoms with E-state index >= 15 is 8.78 Å². The molecule has 18 heteroatoms. The summed E-state index contributed by atoms with van der Waals surface area (Å²) in [6.07, 6.45) is -4.08. The molecule has 5 heterocycles. The van der Waals surface area contributed by atoms with E-state index in [0.29, 0.717) is 83.1 Å². The summed E-state index contributed by atoms with van der Waals surface area (Å²) in [4.78, 5) is 62.5. The summed E-state index contributed by atoms with van der Waals surface area (Å²) in [5, 5.41) is 46.7. The summed E-state index contributed by atoms with van der Waals surface area (Å²) in [6.45, 7) is 13.3. The third-order valence-electron chi connectivity index (χ3n) is 14.6. The molecule has 0 spiro atoms. The van der Waals surface area contributed by atoms with Gasteiger partial charge in [-0.15, -0.1) is 0 Å². The molecule has 11 atom stereocenters. The number of aliphatic hydroxyl groups is 3. The number of aliphatic hydroxyl groups excluding tert-OH is 3. The van der Waals surface area contributed by atoms with E-state index < -0.39 is 78.5 Å². The number of carbonyl (C=O) groups excluding carboxylic acids is 4. The number of aromatic nitrogens is 2. The fourth-order valence-electron chi connectivity index (χ4n) is 10.3. The fraction of sp³-hybridized carbons (Fsp3) is 0.600. The van der Waals surface area contributed by atoms with Crippen LogP contribution in [-0.2, 0) is 36.8 Å². The molecule has 1 unspecified atom stereocenters. The molecule has 3 fully saturated rings. The van der Waals surface area contributed by atoms with Crippen LogP contribution in [0.4, 0.5) is 8.78 Å². The minimum Gasteiger partial charge on any atom is -0.388 e. The summed E-state index contributed by atoms with van der Waals surface area (Å²) in [6, 6.07) is 5.07. The number of aromatic amines is 1. The summed E-state index contributed by atoms with van der Waals surface area (Å²) >= 11 is 0. The van der Waals surface area contributed by atoms with E-state index in [-0.39, 0.29) is 48.3 Å². The Morgan fingerprint density at radius 3 is 1.74 bits per heavy atom. The Kier molecular flexibility index (Phi) is 15.7. The van der Waals surface area contributed by atoms with Gasteiger partial charge in [0.2, 0.25) is 23.6 Å². The van der Waals surface area contributed by atoms with Crippen molar-refractivity contribution in [1.82, 2.24) is 40.6 Å². The van der Waals surface area contributed by atoms with Crippen LogP contribution in [0.25, 0.3) is 33.2 Å². The maximum Gasteiger partial charge on any atom is 0.245 e. The van der Waals surface area contributed by atoms with Crippen molar-refractivity contribution in [3.8, 4) is 11.4 Å². The topological polar surface area (TPSA) is 214 Å². The highest BCUT2D eigenvalue weighted by atomic mass is 19.1. The number of ether oxygens (including phenoxy) is 1. The molecule has 68 heavy (non-hydrogen) atoms. The molecular weight excluding hydrogens is 879 g/mol. The molecule has 4 amide bonds. The molecule has 2 aromatic carbocycles. The van der Waals surface area contributed by atoms with E-state index in [4.69, 9.17) is 4.74 Å². The predicted molar refractivity (Wildman–Crippen MR) is 254 cm³/mol. The van der Waals surface area contributed by atoms with Gasteiger partial charge in [-0.1, -0.05) is 27.7 Å². The lowest BCUT2D eigenvalue weighted by atomic mass is 9.94. The lowest BCUT2D eigenvalue weighted by Gasteiger charge is -2.41. The van der Waals surface area contributed by atoms with Gasteiger partial charge < -0.3 is 60.7 Å². The van der Waals surface area contributed by atoms with Gasteiger partial charge in [0, 0.05) is 41.5 Å². The predicted octanol–water partition coefficient (Wildman–Crippen LogP) is 3.63. The van der Waals surface area contributed by atoms with Gasteiger partial charge in [-0.25, -0.2) is 8.78 Å². The molecule has 0 radical (unpaired) electrons. The minimum absolute atomic E-state index is 0.182. The fourth-order valence-corrected chi connectivity index (χ4v) is 10.3. The normalized spacial score (nSPS) is 25.1. The van der Waals surface area contributed by atoms with Crippen molar-refractivity contribution in [2.24, 2.45) is 11.8 Å². The quantitative estimate of drug-likeness (QED) is 0.0818. The van der Waals surface area contributed by atoms with E-state index in [9.17, 15) is 34.5 Å². The smallest absolute Gasteiger partial charge is 0.245 e. The first-order chi connectivity index (χ1) is 32.3. The number of rotatable bonds is 16. The van der Waals surface area contributed by atoms with Crippen molar-refractivity contribution >= 4 is 45.4 Å². The number of nitrogens with one attached hydrogen (secondary N) is 5. The van der Waals surface area contributed by atoms with Gasteiger partial charge in [0.05, 0.1) is 35.1 Å². The van der Waals surface area contributed by atoms with Crippen molar-refractivity contribution in [3.05, 3.63) is 59.2 Å². The van der Waals surface area contributed by atoms with Crippen LogP contribution < -0.4 is 21.3 Å². The third-order valence-corrected chi connectivity index (χ3v) is 14.6. The van der Waals surface area contributed by atoms with E-state index in [1.54, 1.807) is 61.4 Å². The average molecular weight is 949 g/mol. The molecular formula is C50H70F2N8O8. The molecule has 2 aromatic heterocycles. The standard InChI is InChI=1S/C50H70F2N8O8/c1-24(2)39(56-46(64)26(5)53-8)48(66)58-18-10-12-31(58)22-35-33-20-29(51)14-16-37(33)55-41(35)42-36(23-32-13-11-19-59(32)49(67)40(25(3)4)57-47(65)27(6)54-9)34-21-30(52)15-17-38(34)60(42)50-45(63)44(62)43(61)28(7)68-50/h14-17,20-21,24-28,31-32,39-40,43-45,50,53-55,61-63H,10-13,18-19,22-23H2,1-9H3,(H,56,64)(H,57,65)/t26-,27-,28-,31-,32-,39-,40-,43+,44+,45-,50?/m0/s1. The Labute approximate surface area is 396 Å². The Morgan fingerprint density at radius 1 is 0.721 bits per heavy atom. The first kappa shape index (κ1) is 50.9. The van der Waals surface area contributed by atoms with E-state index in [0.717, 1.165) is 0 Å². The largest absolute Gasteiger partial charge is 0.388 e. The Morgan fingerprint density at radius 2 is 1.22 bits per heavy atom. The van der Waals surface area contributed by atoms with Crippen LogP contribution in [0.2, 0.25) is 0 Å². The minimum atomic E-state index is -1.67. The van der Waals surface area contributed by atoms with Gasteiger partial charge in [0.1, 0.15) is 42.0 Å². The Balaban J connectivity index is 1.41. The third kappa shape index (κ3) is 9.90. The summed E-state index contributed by atoms with van der Waals surface area (Å²) < 4.78 is 39.3. The van der Waals surface area contributed by atoms with E-state index in [2.05, 4.69) is 26.3 Å². The molecule has 3 saturated heterocycles. The first-order valence-corrected chi connectivity index (χ1v) is 24.2. The monoisotopic (exact) mass is 949 g/mol. The van der Waals surface area contributed by atoms with Crippen LogP contribution in [0.3, 0.4) is 0 Å². The van der Waals surface area contributed by atoms with E-state index in [1.807, 2.05) is 27.7 Å². The van der Waals surface area contributed by atoms with Crippen LogP contribution in [0.1, 0.15) is 91.5 Å². The average Bonchev–Trinajstić information content (AvgIpc) is 4.12. The molecule has 3 aliphatic heterocycles. The number of fused-ring (bicyclic) bond motifs is 2. The van der Waals surface area contributed by atoms with Crippen molar-refractivity contribution in [2.45, 2.75) is 154 Å². The molecule has 4 aromatic rings.